The van der Waals surface area contributed by atoms with Crippen LogP contribution in [0.2, 0.25) is 0 Å². The van der Waals surface area contributed by atoms with Crippen molar-refractivity contribution in [2.24, 2.45) is 7.05 Å². The number of thiazole rings is 1. The van der Waals surface area contributed by atoms with E-state index >= 15 is 0 Å². The maximum absolute atomic E-state index is 5.85. The maximum atomic E-state index is 5.85. The molecule has 1 fully saturated rings. The summed E-state index contributed by atoms with van der Waals surface area (Å²) >= 11 is 1.73. The third-order valence-electron chi connectivity index (χ3n) is 5.20. The first-order chi connectivity index (χ1) is 13.2. The van der Waals surface area contributed by atoms with Gasteiger partial charge in [0, 0.05) is 36.9 Å². The minimum Gasteiger partial charge on any atom is -0.491 e. The molecule has 27 heavy (non-hydrogen) atoms. The Morgan fingerprint density at radius 3 is 2.85 bits per heavy atom. The largest absolute Gasteiger partial charge is 0.491 e. The number of benzene rings is 1. The average molecular weight is 382 g/mol. The second-order valence-electron chi connectivity index (χ2n) is 7.12. The zero-order valence-corrected chi connectivity index (χ0v) is 16.4. The van der Waals surface area contributed by atoms with Crippen LogP contribution >= 0.6 is 11.3 Å². The summed E-state index contributed by atoms with van der Waals surface area (Å²) < 4.78 is 9.86. The van der Waals surface area contributed by atoms with E-state index < -0.39 is 0 Å². The van der Waals surface area contributed by atoms with Crippen molar-refractivity contribution in [3.63, 3.8) is 0 Å². The van der Waals surface area contributed by atoms with Crippen molar-refractivity contribution in [3.05, 3.63) is 36.4 Å². The molecule has 0 amide bonds. The topological polar surface area (TPSA) is 56.4 Å². The van der Waals surface area contributed by atoms with Crippen LogP contribution in [-0.4, -0.2) is 38.9 Å². The number of ether oxygens (including phenoxy) is 1. The molecule has 1 saturated heterocycles. The van der Waals surface area contributed by atoms with E-state index in [0.29, 0.717) is 12.5 Å². The van der Waals surface area contributed by atoms with Gasteiger partial charge in [0.2, 0.25) is 0 Å². The monoisotopic (exact) mass is 381 g/mol. The molecule has 6 nitrogen and oxygen atoms in total. The Kier molecular flexibility index (Phi) is 4.13. The van der Waals surface area contributed by atoms with E-state index in [0.717, 1.165) is 40.3 Å². The van der Waals surface area contributed by atoms with Gasteiger partial charge in [0.1, 0.15) is 11.3 Å². The molecule has 0 aliphatic carbocycles. The number of nitrogens with one attached hydrogen (secondary N) is 1. The fraction of sp³-hybridized carbons (Fsp3) is 0.400. The van der Waals surface area contributed by atoms with Crippen LogP contribution in [0.25, 0.3) is 26.3 Å². The maximum Gasteiger partial charge on any atom is 0.194 e. The van der Waals surface area contributed by atoms with Gasteiger partial charge >= 0.3 is 0 Å². The minimum atomic E-state index is 0.582. The smallest absolute Gasteiger partial charge is 0.194 e. The number of nitrogens with zero attached hydrogens (tertiary/aromatic N) is 4. The molecular weight excluding hydrogens is 358 g/mol. The van der Waals surface area contributed by atoms with Crippen molar-refractivity contribution in [3.8, 4) is 16.2 Å². The molecule has 0 saturated carbocycles. The van der Waals surface area contributed by atoms with E-state index in [9.17, 15) is 0 Å². The molecule has 4 heterocycles. The van der Waals surface area contributed by atoms with Crippen LogP contribution in [0.3, 0.4) is 0 Å². The van der Waals surface area contributed by atoms with Crippen molar-refractivity contribution in [1.29, 1.82) is 0 Å². The van der Waals surface area contributed by atoms with E-state index in [1.54, 1.807) is 11.3 Å². The van der Waals surface area contributed by atoms with Crippen LogP contribution < -0.4 is 10.1 Å². The van der Waals surface area contributed by atoms with Gasteiger partial charge in [-0.25, -0.2) is 4.98 Å². The number of imidazole rings is 1. The first-order valence-electron chi connectivity index (χ1n) is 9.51. The Morgan fingerprint density at radius 1 is 1.22 bits per heavy atom. The number of piperidine rings is 1. The lowest BCUT2D eigenvalue weighted by molar-refractivity contribution is 0.343. The Labute approximate surface area is 161 Å². The van der Waals surface area contributed by atoms with Gasteiger partial charge in [-0.3, -0.25) is 9.08 Å². The van der Waals surface area contributed by atoms with E-state index in [1.165, 1.54) is 23.4 Å². The van der Waals surface area contributed by atoms with Gasteiger partial charge in [0.15, 0.2) is 4.96 Å². The van der Waals surface area contributed by atoms with Crippen LogP contribution in [0.4, 0.5) is 0 Å². The molecule has 3 aromatic heterocycles. The van der Waals surface area contributed by atoms with Gasteiger partial charge in [-0.2, -0.15) is 5.10 Å². The zero-order valence-electron chi connectivity index (χ0n) is 15.6. The summed E-state index contributed by atoms with van der Waals surface area (Å²) in [5.74, 6) is 1.42. The summed E-state index contributed by atoms with van der Waals surface area (Å²) in [5.41, 5.74) is 3.29. The molecule has 7 heteroatoms. The third kappa shape index (κ3) is 3.00. The number of fused-ring (bicyclic) bond motifs is 2. The number of aromatic nitrogens is 4. The fourth-order valence-corrected chi connectivity index (χ4v) is 4.85. The fourth-order valence-electron chi connectivity index (χ4n) is 3.89. The molecule has 4 aromatic rings. The number of aryl methyl sites for hydroxylation is 1. The highest BCUT2D eigenvalue weighted by Gasteiger charge is 2.19. The summed E-state index contributed by atoms with van der Waals surface area (Å²) in [4.78, 5) is 7.17. The summed E-state index contributed by atoms with van der Waals surface area (Å²) in [6, 6.07) is 4.28. The van der Waals surface area contributed by atoms with Crippen molar-refractivity contribution < 1.29 is 4.74 Å². The molecule has 140 valence electrons. The van der Waals surface area contributed by atoms with Gasteiger partial charge in [-0.15, -0.1) is 0 Å². The van der Waals surface area contributed by atoms with E-state index in [2.05, 4.69) is 39.3 Å². The minimum absolute atomic E-state index is 0.582. The van der Waals surface area contributed by atoms with E-state index in [-0.39, 0.29) is 0 Å². The van der Waals surface area contributed by atoms with Gasteiger partial charge in [0.25, 0.3) is 0 Å². The van der Waals surface area contributed by atoms with Crippen LogP contribution in [0.1, 0.15) is 31.4 Å². The predicted octanol–water partition coefficient (Wildman–Crippen LogP) is 3.82. The molecular formula is C20H23N5OS. The standard InChI is InChI=1S/C20H23N5OS/c1-3-26-17-9-14(8-15-10-24(2)23-19(15)17)18-12-25-11-16(22-20(25)27-18)13-4-6-21-7-5-13/h8-13,21H,3-7H2,1-2H3. The average Bonchev–Trinajstić information content (AvgIpc) is 3.34. The summed E-state index contributed by atoms with van der Waals surface area (Å²) in [6.07, 6.45) is 8.78. The van der Waals surface area contributed by atoms with Gasteiger partial charge in [0.05, 0.1) is 17.2 Å². The Bertz CT molecular complexity index is 1070. The van der Waals surface area contributed by atoms with Crippen molar-refractivity contribution in [2.75, 3.05) is 19.7 Å². The quantitative estimate of drug-likeness (QED) is 0.584. The summed E-state index contributed by atoms with van der Waals surface area (Å²) in [5, 5.41) is 9.06. The second-order valence-corrected chi connectivity index (χ2v) is 8.13. The highest BCUT2D eigenvalue weighted by Crippen LogP contribution is 2.36. The predicted molar refractivity (Wildman–Crippen MR) is 109 cm³/mol. The van der Waals surface area contributed by atoms with Gasteiger partial charge in [-0.1, -0.05) is 11.3 Å². The van der Waals surface area contributed by atoms with Crippen molar-refractivity contribution >= 4 is 27.2 Å². The number of rotatable bonds is 4. The molecule has 0 unspecified atom stereocenters. The molecule has 1 N–H and O–H groups in total. The summed E-state index contributed by atoms with van der Waals surface area (Å²) in [6.45, 7) is 4.81. The van der Waals surface area contributed by atoms with Crippen molar-refractivity contribution in [1.82, 2.24) is 24.5 Å². The van der Waals surface area contributed by atoms with Gasteiger partial charge < -0.3 is 10.1 Å². The lowest BCUT2D eigenvalue weighted by Crippen LogP contribution is -2.26. The van der Waals surface area contributed by atoms with Crippen LogP contribution in [0.5, 0.6) is 5.75 Å². The Hall–Kier alpha value is -2.38. The molecule has 0 spiro atoms. The number of hydrogen-bond donors (Lipinski definition) is 1. The van der Waals surface area contributed by atoms with Crippen LogP contribution in [0, 0.1) is 0 Å². The normalized spacial score (nSPS) is 15.8. The Morgan fingerprint density at radius 2 is 2.07 bits per heavy atom. The Balaban J connectivity index is 1.53. The van der Waals surface area contributed by atoms with Crippen LogP contribution in [-0.2, 0) is 7.05 Å². The molecule has 1 aliphatic heterocycles. The lowest BCUT2D eigenvalue weighted by Gasteiger charge is -2.20. The van der Waals surface area contributed by atoms with E-state index in [4.69, 9.17) is 9.72 Å². The second kappa shape index (κ2) is 6.65. The highest BCUT2D eigenvalue weighted by molar-refractivity contribution is 7.20. The molecule has 0 atom stereocenters. The first-order valence-corrected chi connectivity index (χ1v) is 10.3. The highest BCUT2D eigenvalue weighted by atomic mass is 32.1. The van der Waals surface area contributed by atoms with Crippen molar-refractivity contribution in [2.45, 2.75) is 25.7 Å². The zero-order chi connectivity index (χ0) is 18.4. The number of hydrogen-bond acceptors (Lipinski definition) is 5. The third-order valence-corrected chi connectivity index (χ3v) is 6.25. The molecule has 0 radical (unpaired) electrons. The molecule has 5 rings (SSSR count). The summed E-state index contributed by atoms with van der Waals surface area (Å²) in [7, 11) is 1.94. The van der Waals surface area contributed by atoms with E-state index in [1.807, 2.05) is 24.9 Å². The molecule has 0 bridgehead atoms. The van der Waals surface area contributed by atoms with Gasteiger partial charge in [-0.05, 0) is 50.6 Å². The first kappa shape index (κ1) is 16.8. The lowest BCUT2D eigenvalue weighted by atomic mass is 9.95. The SMILES string of the molecule is CCOc1cc(-c2cn3cc(C4CCNCC4)nc3s2)cc2cn(C)nc12. The molecule has 1 aliphatic rings. The molecule has 1 aromatic carbocycles. The van der Waals surface area contributed by atoms with Crippen LogP contribution in [0.15, 0.2) is 30.7 Å².